The molecule has 0 saturated carbocycles. The second-order valence-electron chi connectivity index (χ2n) is 7.52. The van der Waals surface area contributed by atoms with Crippen molar-refractivity contribution in [3.05, 3.63) is 72.2 Å². The second-order valence-corrected chi connectivity index (χ2v) is 7.52. The summed E-state index contributed by atoms with van der Waals surface area (Å²) < 4.78 is 18.6. The molecule has 32 heavy (non-hydrogen) atoms. The molecule has 1 fully saturated rings. The number of hydrogen-bond acceptors (Lipinski definition) is 7. The van der Waals surface area contributed by atoms with Crippen LogP contribution >= 0.6 is 0 Å². The molecule has 1 unspecified atom stereocenters. The fraction of sp³-hybridized carbons (Fsp3) is 0.261. The van der Waals surface area contributed by atoms with E-state index in [9.17, 15) is 14.7 Å². The summed E-state index contributed by atoms with van der Waals surface area (Å²) in [6, 6.07) is 7.47. The predicted molar refractivity (Wildman–Crippen MR) is 112 cm³/mol. The van der Waals surface area contributed by atoms with Crippen LogP contribution in [0.4, 0.5) is 0 Å². The van der Waals surface area contributed by atoms with Gasteiger partial charge in [-0.15, -0.1) is 0 Å². The summed E-state index contributed by atoms with van der Waals surface area (Å²) in [5, 5.41) is 11.1. The van der Waals surface area contributed by atoms with Crippen LogP contribution in [0.2, 0.25) is 0 Å². The second kappa shape index (κ2) is 8.26. The molecule has 2 aromatic heterocycles. The normalized spacial score (nSPS) is 19.5. The first-order chi connectivity index (χ1) is 15.6. The lowest BCUT2D eigenvalue weighted by atomic mass is 9.99. The minimum Gasteiger partial charge on any atom is -0.507 e. The van der Waals surface area contributed by atoms with Gasteiger partial charge in [-0.1, -0.05) is 0 Å². The van der Waals surface area contributed by atoms with Gasteiger partial charge in [0.25, 0.3) is 11.7 Å². The van der Waals surface area contributed by atoms with Crippen LogP contribution in [0.25, 0.3) is 5.76 Å². The third-order valence-corrected chi connectivity index (χ3v) is 5.54. The van der Waals surface area contributed by atoms with Gasteiger partial charge < -0.3 is 28.5 Å². The summed E-state index contributed by atoms with van der Waals surface area (Å²) in [5.74, 6) is -0.248. The van der Waals surface area contributed by atoms with Gasteiger partial charge in [0, 0.05) is 31.0 Å². The molecule has 4 heterocycles. The predicted octanol–water partition coefficient (Wildman–Crippen LogP) is 2.76. The highest BCUT2D eigenvalue weighted by Crippen LogP contribution is 2.41. The average Bonchev–Trinajstić information content (AvgIpc) is 3.57. The number of Topliss-reactive ketones (excluding diaryl/α,β-unsaturated/α-hetero) is 1. The molecule has 1 saturated heterocycles. The lowest BCUT2D eigenvalue weighted by Gasteiger charge is -2.23. The van der Waals surface area contributed by atoms with Gasteiger partial charge in [0.1, 0.15) is 30.8 Å². The van der Waals surface area contributed by atoms with Crippen molar-refractivity contribution >= 4 is 17.4 Å². The Hall–Kier alpha value is -4.01. The van der Waals surface area contributed by atoms with Gasteiger partial charge in [0.2, 0.25) is 0 Å². The first-order valence-electron chi connectivity index (χ1n) is 10.3. The van der Waals surface area contributed by atoms with E-state index < -0.39 is 17.7 Å². The van der Waals surface area contributed by atoms with Gasteiger partial charge in [-0.25, -0.2) is 4.98 Å². The molecule has 1 amide bonds. The van der Waals surface area contributed by atoms with Gasteiger partial charge in [0.05, 0.1) is 18.2 Å². The molecule has 9 heteroatoms. The highest BCUT2D eigenvalue weighted by Gasteiger charge is 2.47. The molecule has 2 aliphatic heterocycles. The van der Waals surface area contributed by atoms with Crippen LogP contribution in [0.3, 0.4) is 0 Å². The Kier molecular flexibility index (Phi) is 5.14. The van der Waals surface area contributed by atoms with E-state index in [0.717, 1.165) is 0 Å². The lowest BCUT2D eigenvalue weighted by molar-refractivity contribution is -0.140. The van der Waals surface area contributed by atoms with Crippen molar-refractivity contribution in [2.45, 2.75) is 19.0 Å². The maximum atomic E-state index is 13.0. The maximum absolute atomic E-state index is 13.0. The molecule has 9 nitrogen and oxygen atoms in total. The number of ketones is 1. The molecular weight excluding hydrogens is 414 g/mol. The third kappa shape index (κ3) is 3.51. The van der Waals surface area contributed by atoms with Crippen LogP contribution in [0, 0.1) is 0 Å². The van der Waals surface area contributed by atoms with Gasteiger partial charge in [0.15, 0.2) is 11.5 Å². The van der Waals surface area contributed by atoms with E-state index in [1.165, 1.54) is 11.2 Å². The quantitative estimate of drug-likeness (QED) is 0.360. The van der Waals surface area contributed by atoms with Crippen LogP contribution < -0.4 is 9.47 Å². The number of fused-ring (bicyclic) bond motifs is 1. The molecular formula is C23H21N3O6. The Bertz CT molecular complexity index is 1170. The van der Waals surface area contributed by atoms with E-state index in [1.807, 2.05) is 10.8 Å². The number of likely N-dealkylation sites (tertiary alicyclic amines) is 1. The van der Waals surface area contributed by atoms with E-state index in [-0.39, 0.29) is 11.3 Å². The van der Waals surface area contributed by atoms with E-state index in [0.29, 0.717) is 55.5 Å². The number of benzene rings is 1. The number of aryl methyl sites for hydroxylation is 1. The molecule has 5 rings (SSSR count). The van der Waals surface area contributed by atoms with Crippen molar-refractivity contribution in [3.8, 4) is 11.5 Å². The first kappa shape index (κ1) is 19.9. The van der Waals surface area contributed by atoms with Crippen molar-refractivity contribution in [3.63, 3.8) is 0 Å². The molecule has 1 atom stereocenters. The highest BCUT2D eigenvalue weighted by atomic mass is 16.6. The smallest absolute Gasteiger partial charge is 0.295 e. The molecule has 1 N–H and O–H groups in total. The molecule has 0 aliphatic carbocycles. The van der Waals surface area contributed by atoms with Crippen molar-refractivity contribution in [2.75, 3.05) is 19.8 Å². The zero-order chi connectivity index (χ0) is 22.1. The number of ether oxygens (including phenoxy) is 2. The standard InChI is InChI=1S/C23H21N3O6/c27-21(15-4-5-16-18(13-15)32-12-11-31-16)19-20(17-3-1-10-30-17)26(23(29)22(19)28)8-2-7-25-9-6-24-14-25/h1,3-6,9-10,13-14,20,27H,2,7-8,11-12H2/b21-19-. The first-order valence-corrected chi connectivity index (χ1v) is 10.3. The number of imidazole rings is 1. The van der Waals surface area contributed by atoms with E-state index in [1.54, 1.807) is 42.9 Å². The van der Waals surface area contributed by atoms with E-state index >= 15 is 0 Å². The fourth-order valence-electron chi connectivity index (χ4n) is 4.04. The summed E-state index contributed by atoms with van der Waals surface area (Å²) in [6.07, 6.45) is 7.29. The van der Waals surface area contributed by atoms with Crippen LogP contribution in [-0.4, -0.2) is 51.0 Å². The molecule has 0 radical (unpaired) electrons. The van der Waals surface area contributed by atoms with Crippen LogP contribution in [0.1, 0.15) is 23.8 Å². The zero-order valence-corrected chi connectivity index (χ0v) is 17.1. The average molecular weight is 435 g/mol. The summed E-state index contributed by atoms with van der Waals surface area (Å²) in [7, 11) is 0. The minimum absolute atomic E-state index is 0.00995. The molecule has 164 valence electrons. The Morgan fingerprint density at radius 1 is 1.12 bits per heavy atom. The fourth-order valence-corrected chi connectivity index (χ4v) is 4.04. The van der Waals surface area contributed by atoms with Gasteiger partial charge in [-0.05, 0) is 36.8 Å². The maximum Gasteiger partial charge on any atom is 0.295 e. The zero-order valence-electron chi connectivity index (χ0n) is 17.1. The number of hydrogen-bond donors (Lipinski definition) is 1. The minimum atomic E-state index is -0.819. The van der Waals surface area contributed by atoms with Crippen molar-refractivity contribution < 1.29 is 28.6 Å². The molecule has 3 aromatic rings. The molecule has 2 aliphatic rings. The van der Waals surface area contributed by atoms with Crippen LogP contribution in [0.5, 0.6) is 11.5 Å². The van der Waals surface area contributed by atoms with Crippen LogP contribution in [0.15, 0.2) is 65.3 Å². The van der Waals surface area contributed by atoms with E-state index in [4.69, 9.17) is 13.9 Å². The number of aromatic nitrogens is 2. The topological polar surface area (TPSA) is 107 Å². The van der Waals surface area contributed by atoms with E-state index in [2.05, 4.69) is 4.98 Å². The van der Waals surface area contributed by atoms with Crippen molar-refractivity contribution in [1.29, 1.82) is 0 Å². The number of furan rings is 1. The van der Waals surface area contributed by atoms with Crippen LogP contribution in [-0.2, 0) is 16.1 Å². The van der Waals surface area contributed by atoms with Crippen molar-refractivity contribution in [1.82, 2.24) is 14.5 Å². The van der Waals surface area contributed by atoms with Gasteiger partial charge in [-0.3, -0.25) is 9.59 Å². The third-order valence-electron chi connectivity index (χ3n) is 5.54. The number of carbonyl (C=O) groups is 2. The SMILES string of the molecule is O=C1C(=O)N(CCCn2ccnc2)C(c2ccco2)/C1=C(/O)c1ccc2c(c1)OCCO2. The number of carbonyl (C=O) groups excluding carboxylic acids is 2. The summed E-state index contributed by atoms with van der Waals surface area (Å²) >= 11 is 0. The summed E-state index contributed by atoms with van der Waals surface area (Å²) in [4.78, 5) is 31.4. The Morgan fingerprint density at radius 3 is 2.72 bits per heavy atom. The van der Waals surface area contributed by atoms with Gasteiger partial charge in [-0.2, -0.15) is 0 Å². The Labute approximate surface area is 183 Å². The molecule has 0 spiro atoms. The van der Waals surface area contributed by atoms with Crippen molar-refractivity contribution in [2.24, 2.45) is 0 Å². The van der Waals surface area contributed by atoms with Gasteiger partial charge >= 0.3 is 0 Å². The number of aliphatic hydroxyl groups excluding tert-OH is 1. The Morgan fingerprint density at radius 2 is 1.97 bits per heavy atom. The number of nitrogens with zero attached hydrogens (tertiary/aromatic N) is 3. The Balaban J connectivity index is 1.49. The largest absolute Gasteiger partial charge is 0.507 e. The molecule has 0 bridgehead atoms. The summed E-state index contributed by atoms with van der Waals surface area (Å²) in [5.41, 5.74) is 0.353. The number of amides is 1. The monoisotopic (exact) mass is 435 g/mol. The number of rotatable bonds is 6. The highest BCUT2D eigenvalue weighted by molar-refractivity contribution is 6.46. The number of aliphatic hydroxyl groups is 1. The summed E-state index contributed by atoms with van der Waals surface area (Å²) in [6.45, 7) is 1.79. The lowest BCUT2D eigenvalue weighted by Crippen LogP contribution is -2.31. The molecule has 1 aromatic carbocycles.